The van der Waals surface area contributed by atoms with Crippen molar-refractivity contribution in [3.8, 4) is 0 Å². The first-order chi connectivity index (χ1) is 11.3. The van der Waals surface area contributed by atoms with E-state index in [0.717, 1.165) is 5.56 Å². The van der Waals surface area contributed by atoms with Crippen LogP contribution in [-0.4, -0.2) is 20.1 Å². The molecule has 2 aromatic rings. The highest BCUT2D eigenvalue weighted by Crippen LogP contribution is 2.20. The summed E-state index contributed by atoms with van der Waals surface area (Å²) < 4.78 is 37.6. The van der Waals surface area contributed by atoms with Gasteiger partial charge in [0.25, 0.3) is 5.91 Å². The van der Waals surface area contributed by atoms with Crippen LogP contribution < -0.4 is 5.32 Å². The van der Waals surface area contributed by atoms with E-state index < -0.39 is 15.7 Å². The fraction of sp³-hybridized carbons (Fsp3) is 0.278. The maximum atomic E-state index is 13.0. The van der Waals surface area contributed by atoms with E-state index in [-0.39, 0.29) is 28.1 Å². The van der Waals surface area contributed by atoms with Gasteiger partial charge in [-0.3, -0.25) is 4.79 Å². The van der Waals surface area contributed by atoms with Crippen molar-refractivity contribution in [1.82, 2.24) is 5.32 Å². The number of carbonyl (C=O) groups excluding carboxylic acids is 1. The van der Waals surface area contributed by atoms with Crippen molar-refractivity contribution in [2.75, 3.05) is 5.75 Å². The molecule has 128 valence electrons. The first kappa shape index (κ1) is 18.1. The van der Waals surface area contributed by atoms with Gasteiger partial charge in [-0.05, 0) is 43.2 Å². The standard InChI is InChI=1S/C18H20FNO3S/c1-3-12-24(22,23)17-7-5-4-6-16(17)18(21)20-13(2)14-8-10-15(19)11-9-14/h4-11,13H,3,12H2,1-2H3,(H,20,21)/t13-/m1/s1. The van der Waals surface area contributed by atoms with Crippen LogP contribution in [0.25, 0.3) is 0 Å². The molecule has 4 nitrogen and oxygen atoms in total. The smallest absolute Gasteiger partial charge is 0.253 e. The van der Waals surface area contributed by atoms with Gasteiger partial charge in [0.05, 0.1) is 22.3 Å². The van der Waals surface area contributed by atoms with E-state index in [9.17, 15) is 17.6 Å². The molecular weight excluding hydrogens is 329 g/mol. The van der Waals surface area contributed by atoms with Crippen molar-refractivity contribution < 1.29 is 17.6 Å². The van der Waals surface area contributed by atoms with Crippen molar-refractivity contribution in [2.45, 2.75) is 31.2 Å². The zero-order valence-corrected chi connectivity index (χ0v) is 14.4. The third-order valence-electron chi connectivity index (χ3n) is 3.66. The number of halogens is 1. The minimum Gasteiger partial charge on any atom is -0.345 e. The molecular formula is C18H20FNO3S. The molecule has 24 heavy (non-hydrogen) atoms. The van der Waals surface area contributed by atoms with E-state index in [0.29, 0.717) is 6.42 Å². The van der Waals surface area contributed by atoms with Gasteiger partial charge in [0.1, 0.15) is 5.82 Å². The lowest BCUT2D eigenvalue weighted by Gasteiger charge is -2.16. The fourth-order valence-corrected chi connectivity index (χ4v) is 3.95. The van der Waals surface area contributed by atoms with Crippen molar-refractivity contribution >= 4 is 15.7 Å². The summed E-state index contributed by atoms with van der Waals surface area (Å²) in [6, 6.07) is 11.6. The van der Waals surface area contributed by atoms with E-state index in [1.54, 1.807) is 38.1 Å². The summed E-state index contributed by atoms with van der Waals surface area (Å²) >= 11 is 0. The van der Waals surface area contributed by atoms with Gasteiger partial charge >= 0.3 is 0 Å². The molecule has 0 saturated carbocycles. The zero-order chi connectivity index (χ0) is 17.7. The van der Waals surface area contributed by atoms with E-state index in [1.165, 1.54) is 24.3 Å². The van der Waals surface area contributed by atoms with E-state index >= 15 is 0 Å². The third kappa shape index (κ3) is 4.20. The number of nitrogens with one attached hydrogen (secondary N) is 1. The summed E-state index contributed by atoms with van der Waals surface area (Å²) in [5, 5.41) is 2.76. The highest BCUT2D eigenvalue weighted by Gasteiger charge is 2.22. The average Bonchev–Trinajstić information content (AvgIpc) is 2.55. The van der Waals surface area contributed by atoms with Crippen LogP contribution in [0.3, 0.4) is 0 Å². The molecule has 0 bridgehead atoms. The summed E-state index contributed by atoms with van der Waals surface area (Å²) in [6.45, 7) is 3.53. The van der Waals surface area contributed by atoms with Crippen LogP contribution in [0.1, 0.15) is 42.2 Å². The van der Waals surface area contributed by atoms with Crippen LogP contribution in [0, 0.1) is 5.82 Å². The Morgan fingerprint density at radius 3 is 2.38 bits per heavy atom. The molecule has 0 spiro atoms. The Kier molecular flexibility index (Phi) is 5.72. The Bertz CT molecular complexity index is 816. The molecule has 0 unspecified atom stereocenters. The second-order valence-corrected chi connectivity index (χ2v) is 7.64. The molecule has 0 aliphatic heterocycles. The Labute approximate surface area is 141 Å². The lowest BCUT2D eigenvalue weighted by Crippen LogP contribution is -2.28. The molecule has 2 rings (SSSR count). The van der Waals surface area contributed by atoms with Crippen LogP contribution in [0.15, 0.2) is 53.4 Å². The van der Waals surface area contributed by atoms with Crippen molar-refractivity contribution in [3.05, 3.63) is 65.5 Å². The minimum absolute atomic E-state index is 0.00912. The number of hydrogen-bond donors (Lipinski definition) is 1. The zero-order valence-electron chi connectivity index (χ0n) is 13.6. The topological polar surface area (TPSA) is 63.2 Å². The lowest BCUT2D eigenvalue weighted by atomic mass is 10.1. The number of amides is 1. The Hall–Kier alpha value is -2.21. The molecule has 6 heteroatoms. The summed E-state index contributed by atoms with van der Waals surface area (Å²) in [7, 11) is -3.50. The average molecular weight is 349 g/mol. The molecule has 0 fully saturated rings. The predicted octanol–water partition coefficient (Wildman–Crippen LogP) is 3.50. The lowest BCUT2D eigenvalue weighted by molar-refractivity contribution is 0.0936. The van der Waals surface area contributed by atoms with Gasteiger partial charge in [0, 0.05) is 0 Å². The fourth-order valence-electron chi connectivity index (χ4n) is 2.41. The van der Waals surface area contributed by atoms with Gasteiger partial charge in [0.15, 0.2) is 9.84 Å². The van der Waals surface area contributed by atoms with E-state index in [1.807, 2.05) is 0 Å². The summed E-state index contributed by atoms with van der Waals surface area (Å²) in [5.41, 5.74) is 0.860. The Morgan fingerprint density at radius 1 is 1.12 bits per heavy atom. The summed E-state index contributed by atoms with van der Waals surface area (Å²) in [4.78, 5) is 12.6. The molecule has 1 atom stereocenters. The second-order valence-electron chi connectivity index (χ2n) is 5.56. The highest BCUT2D eigenvalue weighted by molar-refractivity contribution is 7.91. The SMILES string of the molecule is CCCS(=O)(=O)c1ccccc1C(=O)N[C@H](C)c1ccc(F)cc1. The normalized spacial score (nSPS) is 12.6. The second kappa shape index (κ2) is 7.57. The van der Waals surface area contributed by atoms with Gasteiger partial charge in [-0.25, -0.2) is 12.8 Å². The summed E-state index contributed by atoms with van der Waals surface area (Å²) in [5.74, 6) is -0.833. The number of sulfone groups is 1. The van der Waals surface area contributed by atoms with Crippen molar-refractivity contribution in [2.24, 2.45) is 0 Å². The van der Waals surface area contributed by atoms with Gasteiger partial charge in [-0.1, -0.05) is 31.2 Å². The molecule has 0 aliphatic carbocycles. The van der Waals surface area contributed by atoms with E-state index in [4.69, 9.17) is 0 Å². The van der Waals surface area contributed by atoms with Gasteiger partial charge in [-0.2, -0.15) is 0 Å². The predicted molar refractivity (Wildman–Crippen MR) is 91.1 cm³/mol. The van der Waals surface area contributed by atoms with Crippen LogP contribution in [0.5, 0.6) is 0 Å². The molecule has 0 aliphatic rings. The van der Waals surface area contributed by atoms with Crippen LogP contribution in [0.2, 0.25) is 0 Å². The van der Waals surface area contributed by atoms with Gasteiger partial charge < -0.3 is 5.32 Å². The maximum Gasteiger partial charge on any atom is 0.253 e. The monoisotopic (exact) mass is 349 g/mol. The van der Waals surface area contributed by atoms with Gasteiger partial charge in [0.2, 0.25) is 0 Å². The van der Waals surface area contributed by atoms with Crippen LogP contribution in [-0.2, 0) is 9.84 Å². The van der Waals surface area contributed by atoms with Crippen molar-refractivity contribution in [1.29, 1.82) is 0 Å². The molecule has 0 radical (unpaired) electrons. The van der Waals surface area contributed by atoms with E-state index in [2.05, 4.69) is 5.32 Å². The van der Waals surface area contributed by atoms with Crippen molar-refractivity contribution in [3.63, 3.8) is 0 Å². The maximum absolute atomic E-state index is 13.0. The first-order valence-corrected chi connectivity index (χ1v) is 9.38. The number of hydrogen-bond acceptors (Lipinski definition) is 3. The van der Waals surface area contributed by atoms with Gasteiger partial charge in [-0.15, -0.1) is 0 Å². The molecule has 0 heterocycles. The largest absolute Gasteiger partial charge is 0.345 e. The molecule has 2 aromatic carbocycles. The van der Waals surface area contributed by atoms with Crippen LogP contribution >= 0.6 is 0 Å². The molecule has 1 amide bonds. The number of carbonyl (C=O) groups is 1. The Morgan fingerprint density at radius 2 is 1.75 bits per heavy atom. The third-order valence-corrected chi connectivity index (χ3v) is 5.63. The number of benzene rings is 2. The highest BCUT2D eigenvalue weighted by atomic mass is 32.2. The first-order valence-electron chi connectivity index (χ1n) is 7.73. The molecule has 0 saturated heterocycles. The molecule has 1 N–H and O–H groups in total. The molecule has 0 aromatic heterocycles. The number of rotatable bonds is 6. The Balaban J connectivity index is 2.26. The quantitative estimate of drug-likeness (QED) is 0.868. The van der Waals surface area contributed by atoms with Crippen LogP contribution in [0.4, 0.5) is 4.39 Å². The minimum atomic E-state index is -3.50. The summed E-state index contributed by atoms with van der Waals surface area (Å²) in [6.07, 6.45) is 0.476.